The quantitative estimate of drug-likeness (QED) is 0.874. The SMILES string of the molecule is Cc1nn(-c2cc(S(=O)(=O)N(C)C)ccc2N)cc1Cl. The fourth-order valence-corrected chi connectivity index (χ4v) is 2.71. The fraction of sp³-hybridized carbons (Fsp3) is 0.250. The van der Waals surface area contributed by atoms with Crippen molar-refractivity contribution in [3.63, 3.8) is 0 Å². The second-order valence-corrected chi connectivity index (χ2v) is 7.07. The van der Waals surface area contributed by atoms with Crippen LogP contribution in [0.4, 0.5) is 5.69 Å². The molecule has 1 aromatic heterocycles. The lowest BCUT2D eigenvalue weighted by Crippen LogP contribution is -2.22. The number of nitrogens with zero attached hydrogens (tertiary/aromatic N) is 3. The van der Waals surface area contributed by atoms with Crippen LogP contribution < -0.4 is 5.73 Å². The molecule has 0 aliphatic heterocycles. The Labute approximate surface area is 122 Å². The molecule has 0 saturated heterocycles. The first-order chi connectivity index (χ1) is 9.23. The molecule has 108 valence electrons. The van der Waals surface area contributed by atoms with E-state index in [-0.39, 0.29) is 4.90 Å². The van der Waals surface area contributed by atoms with Crippen molar-refractivity contribution in [2.45, 2.75) is 11.8 Å². The standard InChI is InChI=1S/C12H15ClN4O2S/c1-8-10(13)7-17(15-8)12-6-9(4-5-11(12)14)20(18,19)16(2)3/h4-7H,14H2,1-3H3. The van der Waals surface area contributed by atoms with Gasteiger partial charge in [-0.2, -0.15) is 5.10 Å². The smallest absolute Gasteiger partial charge is 0.242 e. The van der Waals surface area contributed by atoms with Gasteiger partial charge in [0.25, 0.3) is 0 Å². The first-order valence-electron chi connectivity index (χ1n) is 5.77. The molecule has 0 aliphatic rings. The van der Waals surface area contributed by atoms with Gasteiger partial charge < -0.3 is 5.73 Å². The molecule has 20 heavy (non-hydrogen) atoms. The number of sulfonamides is 1. The molecule has 0 amide bonds. The van der Waals surface area contributed by atoms with Gasteiger partial charge in [-0.25, -0.2) is 17.4 Å². The van der Waals surface area contributed by atoms with Gasteiger partial charge in [0.2, 0.25) is 10.0 Å². The molecule has 2 N–H and O–H groups in total. The zero-order valence-electron chi connectivity index (χ0n) is 11.3. The lowest BCUT2D eigenvalue weighted by molar-refractivity contribution is 0.520. The van der Waals surface area contributed by atoms with Crippen molar-refractivity contribution in [1.82, 2.24) is 14.1 Å². The van der Waals surface area contributed by atoms with E-state index in [0.29, 0.717) is 22.1 Å². The number of aromatic nitrogens is 2. The van der Waals surface area contributed by atoms with E-state index in [1.54, 1.807) is 13.1 Å². The molecule has 1 heterocycles. The van der Waals surface area contributed by atoms with Crippen LogP contribution in [0.3, 0.4) is 0 Å². The molecule has 0 aliphatic carbocycles. The molecule has 0 atom stereocenters. The van der Waals surface area contributed by atoms with Gasteiger partial charge >= 0.3 is 0 Å². The van der Waals surface area contributed by atoms with Crippen LogP contribution in [-0.4, -0.2) is 36.6 Å². The van der Waals surface area contributed by atoms with Gasteiger partial charge in [-0.3, -0.25) is 0 Å². The minimum Gasteiger partial charge on any atom is -0.397 e. The summed E-state index contributed by atoms with van der Waals surface area (Å²) in [6.07, 6.45) is 1.59. The van der Waals surface area contributed by atoms with Gasteiger partial charge in [0, 0.05) is 20.3 Å². The highest BCUT2D eigenvalue weighted by atomic mass is 35.5. The van der Waals surface area contributed by atoms with Crippen LogP contribution >= 0.6 is 11.6 Å². The van der Waals surface area contributed by atoms with E-state index in [0.717, 1.165) is 4.31 Å². The highest BCUT2D eigenvalue weighted by Gasteiger charge is 2.19. The van der Waals surface area contributed by atoms with Gasteiger partial charge in [0.05, 0.1) is 27.0 Å². The zero-order chi connectivity index (χ0) is 15.1. The predicted molar refractivity (Wildman–Crippen MR) is 78.6 cm³/mol. The number of hydrogen-bond donors (Lipinski definition) is 1. The average molecular weight is 315 g/mol. The highest BCUT2D eigenvalue weighted by molar-refractivity contribution is 7.89. The Balaban J connectivity index is 2.61. The maximum absolute atomic E-state index is 12.1. The molecule has 0 unspecified atom stereocenters. The Morgan fingerprint density at radius 2 is 2.00 bits per heavy atom. The Hall–Kier alpha value is -1.57. The molecule has 0 spiro atoms. The summed E-state index contributed by atoms with van der Waals surface area (Å²) in [5.74, 6) is 0. The summed E-state index contributed by atoms with van der Waals surface area (Å²) in [4.78, 5) is 0.149. The van der Waals surface area contributed by atoms with Crippen molar-refractivity contribution in [1.29, 1.82) is 0 Å². The van der Waals surface area contributed by atoms with Crippen molar-refractivity contribution < 1.29 is 8.42 Å². The van der Waals surface area contributed by atoms with Gasteiger partial charge in [-0.15, -0.1) is 0 Å². The van der Waals surface area contributed by atoms with Gasteiger partial charge in [-0.1, -0.05) is 11.6 Å². The first kappa shape index (κ1) is 14.8. The van der Waals surface area contributed by atoms with E-state index in [1.165, 1.54) is 37.0 Å². The zero-order valence-corrected chi connectivity index (χ0v) is 12.9. The number of aryl methyl sites for hydroxylation is 1. The van der Waals surface area contributed by atoms with E-state index < -0.39 is 10.0 Å². The molecule has 2 rings (SSSR count). The Bertz CT molecular complexity index is 733. The lowest BCUT2D eigenvalue weighted by Gasteiger charge is -2.13. The number of benzene rings is 1. The van der Waals surface area contributed by atoms with E-state index in [4.69, 9.17) is 17.3 Å². The summed E-state index contributed by atoms with van der Waals surface area (Å²) in [6, 6.07) is 4.48. The van der Waals surface area contributed by atoms with Crippen LogP contribution in [0, 0.1) is 6.92 Å². The third-order valence-corrected chi connectivity index (χ3v) is 5.05. The number of anilines is 1. The number of hydrogen-bond acceptors (Lipinski definition) is 4. The third-order valence-electron chi connectivity index (χ3n) is 2.87. The van der Waals surface area contributed by atoms with Crippen LogP contribution in [0.15, 0.2) is 29.3 Å². The molecular weight excluding hydrogens is 300 g/mol. The second-order valence-electron chi connectivity index (χ2n) is 4.52. The molecule has 0 bridgehead atoms. The molecule has 2 aromatic rings. The third kappa shape index (κ3) is 2.52. The van der Waals surface area contributed by atoms with Crippen molar-refractivity contribution in [2.24, 2.45) is 0 Å². The molecular formula is C12H15ClN4O2S. The number of rotatable bonds is 3. The van der Waals surface area contributed by atoms with Gasteiger partial charge in [0.15, 0.2) is 0 Å². The van der Waals surface area contributed by atoms with Crippen molar-refractivity contribution in [2.75, 3.05) is 19.8 Å². The minimum absolute atomic E-state index is 0.149. The Morgan fingerprint density at radius 1 is 1.35 bits per heavy atom. The van der Waals surface area contributed by atoms with Crippen molar-refractivity contribution in [3.8, 4) is 5.69 Å². The Morgan fingerprint density at radius 3 is 2.50 bits per heavy atom. The topological polar surface area (TPSA) is 81.2 Å². The summed E-state index contributed by atoms with van der Waals surface area (Å²) >= 11 is 5.96. The first-order valence-corrected chi connectivity index (χ1v) is 7.59. The Kier molecular flexibility index (Phi) is 3.77. The number of nitrogens with two attached hydrogens (primary N) is 1. The van der Waals surface area contributed by atoms with Gasteiger partial charge in [-0.05, 0) is 25.1 Å². The average Bonchev–Trinajstić information content (AvgIpc) is 2.69. The molecule has 8 heteroatoms. The van der Waals surface area contributed by atoms with E-state index in [9.17, 15) is 8.42 Å². The highest BCUT2D eigenvalue weighted by Crippen LogP contribution is 2.24. The van der Waals surface area contributed by atoms with Crippen molar-refractivity contribution >= 4 is 27.3 Å². The fourth-order valence-electron chi connectivity index (χ4n) is 1.66. The molecule has 0 radical (unpaired) electrons. The summed E-state index contributed by atoms with van der Waals surface area (Å²) in [7, 11) is -0.579. The monoisotopic (exact) mass is 314 g/mol. The maximum atomic E-state index is 12.1. The van der Waals surface area contributed by atoms with Crippen LogP contribution in [-0.2, 0) is 10.0 Å². The van der Waals surface area contributed by atoms with E-state index >= 15 is 0 Å². The largest absolute Gasteiger partial charge is 0.397 e. The summed E-state index contributed by atoms with van der Waals surface area (Å²) in [5.41, 5.74) is 7.43. The second kappa shape index (κ2) is 5.08. The van der Waals surface area contributed by atoms with Crippen molar-refractivity contribution in [3.05, 3.63) is 35.1 Å². The van der Waals surface area contributed by atoms with Crippen LogP contribution in [0.1, 0.15) is 5.69 Å². The van der Waals surface area contributed by atoms with E-state index in [2.05, 4.69) is 5.10 Å². The van der Waals surface area contributed by atoms with Gasteiger partial charge in [0.1, 0.15) is 0 Å². The normalized spacial score (nSPS) is 12.1. The molecule has 6 nitrogen and oxygen atoms in total. The molecule has 1 aromatic carbocycles. The van der Waals surface area contributed by atoms with E-state index in [1.807, 2.05) is 0 Å². The molecule has 0 fully saturated rings. The summed E-state index contributed by atoms with van der Waals surface area (Å²) < 4.78 is 26.9. The number of halogens is 1. The lowest BCUT2D eigenvalue weighted by atomic mass is 10.3. The van der Waals surface area contributed by atoms with Crippen LogP contribution in [0.5, 0.6) is 0 Å². The number of nitrogen functional groups attached to an aromatic ring is 1. The predicted octanol–water partition coefficient (Wildman–Crippen LogP) is 1.67. The minimum atomic E-state index is -3.52. The summed E-state index contributed by atoms with van der Waals surface area (Å²) in [6.45, 7) is 1.76. The van der Waals surface area contributed by atoms with Crippen LogP contribution in [0.25, 0.3) is 5.69 Å². The summed E-state index contributed by atoms with van der Waals surface area (Å²) in [5, 5.41) is 4.70. The van der Waals surface area contributed by atoms with Crippen LogP contribution in [0.2, 0.25) is 5.02 Å². The maximum Gasteiger partial charge on any atom is 0.242 e. The molecule has 0 saturated carbocycles.